The zero-order valence-electron chi connectivity index (χ0n) is 66.9. The molecule has 0 saturated heterocycles. The maximum Gasteiger partial charge on any atom is 0.341 e. The first-order chi connectivity index (χ1) is 55.8. The van der Waals surface area contributed by atoms with Crippen molar-refractivity contribution in [3.05, 3.63) is 42.0 Å². The van der Waals surface area contributed by atoms with Crippen molar-refractivity contribution < 1.29 is 166 Å². The first kappa shape index (κ1) is 104. The van der Waals surface area contributed by atoms with Gasteiger partial charge in [-0.2, -0.15) is 0 Å². The summed E-state index contributed by atoms with van der Waals surface area (Å²) in [6, 6.07) is 5.84. The molecule has 113 heavy (non-hydrogen) atoms. The van der Waals surface area contributed by atoms with E-state index in [9.17, 15) is 24.0 Å². The van der Waals surface area contributed by atoms with Gasteiger partial charge in [-0.1, -0.05) is 12.1 Å². The average molecular weight is 1640 g/mol. The molecule has 0 radical (unpaired) electrons. The Labute approximate surface area is 666 Å². The van der Waals surface area contributed by atoms with Crippen LogP contribution in [0.4, 0.5) is 0 Å². The van der Waals surface area contributed by atoms with Crippen molar-refractivity contribution in [3.63, 3.8) is 0 Å². The van der Waals surface area contributed by atoms with E-state index < -0.39 is 18.6 Å². The van der Waals surface area contributed by atoms with E-state index in [1.165, 1.54) is 12.2 Å². The van der Waals surface area contributed by atoms with Gasteiger partial charge in [-0.25, -0.2) is 4.79 Å². The molecular formula is C76H134N2O35. The molecule has 0 aliphatic carbocycles. The molecule has 1 atom stereocenters. The van der Waals surface area contributed by atoms with Crippen LogP contribution in [0, 0.1) is 0 Å². The molecule has 0 fully saturated rings. The topological polar surface area (TPSA) is 389 Å². The molecule has 37 heteroatoms. The summed E-state index contributed by atoms with van der Waals surface area (Å²) in [5.41, 5.74) is 0.746. The van der Waals surface area contributed by atoms with Crippen LogP contribution < -0.4 is 10.1 Å². The van der Waals surface area contributed by atoms with Gasteiger partial charge >= 0.3 is 5.97 Å². The van der Waals surface area contributed by atoms with Crippen molar-refractivity contribution >= 4 is 29.5 Å². The standard InChI is InChI=1S/C76H134N2O35/c1-85-15-16-89-23-24-93-29-30-95-33-34-97-37-38-99-41-42-101-45-46-103-49-50-105-53-54-107-57-58-109-61-62-111-65-66-112-64-63-110-60-59-108-56-55-106-52-51-104-48-47-102-44-43-100-40-39-98-36-35-96-32-31-94-28-25-90-20-17-86-12-2-3-72(79)71(67-69-4-6-70(7-5-69)113-68-76(83)84)77-73(80)10-13-87-18-21-91-26-27-92-22-19-88-14-11-78-74(81)8-9-75(78)82/h4-9,71H,2-3,10-68H2,1H3,(H,77,80)(H,83,84). The smallest absolute Gasteiger partial charge is 0.341 e. The lowest BCUT2D eigenvalue weighted by Gasteiger charge is -2.18. The van der Waals surface area contributed by atoms with Gasteiger partial charge in [0.1, 0.15) is 5.75 Å². The molecule has 2 N–H and O–H groups in total. The van der Waals surface area contributed by atoms with Gasteiger partial charge in [-0.15, -0.1) is 0 Å². The Bertz CT molecular complexity index is 2270. The van der Waals surface area contributed by atoms with E-state index >= 15 is 0 Å². The SMILES string of the molecule is COCCOCCOCCOCCOCCOCCOCCOCCOCCOCCOCCOCCOCCOCCOCCOCCOCCOCCOCCOCCOCCOCCOCCOCCCC(=O)C(Cc1ccc(OCC(=O)O)cc1)NC(=O)CCOCCOCCOCCOCCN1C(=O)C=CC1=O. The molecule has 1 aromatic carbocycles. The van der Waals surface area contributed by atoms with Gasteiger partial charge in [-0.05, 0) is 30.5 Å². The summed E-state index contributed by atoms with van der Waals surface area (Å²) in [6.07, 6.45) is 3.29. The number of nitrogens with one attached hydrogen (secondary N) is 1. The minimum absolute atomic E-state index is 0.0232. The summed E-state index contributed by atoms with van der Waals surface area (Å²) in [5.74, 6) is -1.97. The zero-order chi connectivity index (χ0) is 80.8. The number of carbonyl (C=O) groups is 5. The maximum absolute atomic E-state index is 13.4. The van der Waals surface area contributed by atoms with Gasteiger partial charge < -0.3 is 148 Å². The first-order valence-electron chi connectivity index (χ1n) is 39.2. The molecule has 658 valence electrons. The molecule has 0 saturated carbocycles. The number of aliphatic carboxylic acids is 1. The number of ether oxygens (including phenoxy) is 29. The highest BCUT2D eigenvalue weighted by Crippen LogP contribution is 2.15. The number of benzene rings is 1. The number of hydrogen-bond donors (Lipinski definition) is 2. The van der Waals surface area contributed by atoms with Crippen LogP contribution in [0.1, 0.15) is 24.8 Å². The molecular weight excluding hydrogens is 1500 g/mol. The van der Waals surface area contributed by atoms with E-state index in [2.05, 4.69) is 5.32 Å². The minimum atomic E-state index is -1.10. The highest BCUT2D eigenvalue weighted by atomic mass is 16.6. The zero-order valence-corrected chi connectivity index (χ0v) is 66.9. The lowest BCUT2D eigenvalue weighted by Crippen LogP contribution is -2.42. The van der Waals surface area contributed by atoms with Gasteiger partial charge in [0.2, 0.25) is 5.91 Å². The van der Waals surface area contributed by atoms with Crippen LogP contribution in [0.15, 0.2) is 36.4 Å². The largest absolute Gasteiger partial charge is 0.482 e. The molecule has 1 aliphatic heterocycles. The number of imide groups is 1. The number of amides is 3. The van der Waals surface area contributed by atoms with E-state index in [-0.39, 0.29) is 75.7 Å². The fraction of sp³-hybridized carbons (Fsp3) is 0.829. The number of carbonyl (C=O) groups excluding carboxylic acids is 4. The number of hydrogen-bond acceptors (Lipinski definition) is 34. The van der Waals surface area contributed by atoms with Crippen molar-refractivity contribution in [2.75, 3.05) is 384 Å². The second kappa shape index (κ2) is 85.3. The summed E-state index contributed by atoms with van der Waals surface area (Å²) in [6.45, 7) is 23.6. The predicted molar refractivity (Wildman–Crippen MR) is 404 cm³/mol. The quantitative estimate of drug-likeness (QED) is 0.0677. The molecule has 3 amide bonds. The van der Waals surface area contributed by atoms with Crippen LogP contribution in [0.5, 0.6) is 5.75 Å². The Morgan fingerprint density at radius 1 is 0.310 bits per heavy atom. The third-order valence-corrected chi connectivity index (χ3v) is 14.7. The van der Waals surface area contributed by atoms with Gasteiger partial charge in [0.15, 0.2) is 12.4 Å². The fourth-order valence-electron chi connectivity index (χ4n) is 8.95. The number of ketones is 1. The van der Waals surface area contributed by atoms with Gasteiger partial charge in [0.05, 0.1) is 369 Å². The molecule has 1 aromatic rings. The Kier molecular flexibility index (Phi) is 78.8. The summed E-state index contributed by atoms with van der Waals surface area (Å²) in [4.78, 5) is 61.5. The lowest BCUT2D eigenvalue weighted by atomic mass is 9.99. The fourth-order valence-corrected chi connectivity index (χ4v) is 8.95. The highest BCUT2D eigenvalue weighted by Gasteiger charge is 2.23. The molecule has 0 spiro atoms. The first-order valence-corrected chi connectivity index (χ1v) is 39.2. The van der Waals surface area contributed by atoms with Crippen molar-refractivity contribution in [1.82, 2.24) is 10.2 Å². The van der Waals surface area contributed by atoms with E-state index in [0.717, 1.165) is 10.5 Å². The average Bonchev–Trinajstić information content (AvgIpc) is 1.73. The van der Waals surface area contributed by atoms with E-state index in [1.54, 1.807) is 31.4 Å². The number of carboxylic acids is 1. The summed E-state index contributed by atoms with van der Waals surface area (Å²) in [5, 5.41) is 11.8. The van der Waals surface area contributed by atoms with E-state index in [1.807, 2.05) is 0 Å². The van der Waals surface area contributed by atoms with E-state index in [0.29, 0.717) is 349 Å². The summed E-state index contributed by atoms with van der Waals surface area (Å²) < 4.78 is 159. The number of rotatable bonds is 95. The van der Waals surface area contributed by atoms with Crippen LogP contribution in [0.3, 0.4) is 0 Å². The Balaban J connectivity index is 1.22. The van der Waals surface area contributed by atoms with Crippen molar-refractivity contribution in [2.24, 2.45) is 0 Å². The van der Waals surface area contributed by atoms with Crippen LogP contribution in [-0.4, -0.2) is 429 Å². The normalized spacial score (nSPS) is 12.5. The van der Waals surface area contributed by atoms with Crippen molar-refractivity contribution in [2.45, 2.75) is 31.7 Å². The Morgan fingerprint density at radius 3 is 0.788 bits per heavy atom. The minimum Gasteiger partial charge on any atom is -0.482 e. The third kappa shape index (κ3) is 74.7. The molecule has 1 unspecified atom stereocenters. The van der Waals surface area contributed by atoms with Gasteiger partial charge in [0.25, 0.3) is 11.8 Å². The second-order valence-electron chi connectivity index (χ2n) is 23.7. The van der Waals surface area contributed by atoms with Gasteiger partial charge in [0, 0.05) is 38.7 Å². The lowest BCUT2D eigenvalue weighted by molar-refractivity contribution is -0.139. The summed E-state index contributed by atoms with van der Waals surface area (Å²) >= 11 is 0. The number of nitrogens with zero attached hydrogens (tertiary/aromatic N) is 1. The van der Waals surface area contributed by atoms with Crippen LogP contribution in [0.25, 0.3) is 0 Å². The maximum atomic E-state index is 13.4. The van der Waals surface area contributed by atoms with E-state index in [4.69, 9.17) is 142 Å². The van der Waals surface area contributed by atoms with Crippen LogP contribution in [-0.2, 0) is 163 Å². The molecule has 1 aliphatic rings. The highest BCUT2D eigenvalue weighted by molar-refractivity contribution is 6.12. The Hall–Kier alpha value is -4.61. The van der Waals surface area contributed by atoms with Crippen LogP contribution >= 0.6 is 0 Å². The van der Waals surface area contributed by atoms with Crippen molar-refractivity contribution in [3.8, 4) is 5.75 Å². The second-order valence-corrected chi connectivity index (χ2v) is 23.7. The number of Topliss-reactive ketones (excluding diaryl/α,β-unsaturated/α-hetero) is 1. The number of carboxylic acid groups (broad SMARTS) is 1. The molecule has 1 heterocycles. The molecule has 0 aromatic heterocycles. The molecule has 2 rings (SSSR count). The molecule has 37 nitrogen and oxygen atoms in total. The monoisotopic (exact) mass is 1630 g/mol. The van der Waals surface area contributed by atoms with Crippen LogP contribution in [0.2, 0.25) is 0 Å². The number of methoxy groups -OCH3 is 1. The van der Waals surface area contributed by atoms with Crippen molar-refractivity contribution in [1.29, 1.82) is 0 Å². The Morgan fingerprint density at radius 2 is 0.540 bits per heavy atom. The molecule has 0 bridgehead atoms. The van der Waals surface area contributed by atoms with Gasteiger partial charge in [-0.3, -0.25) is 24.1 Å². The predicted octanol–water partition coefficient (Wildman–Crippen LogP) is 0.936. The third-order valence-electron chi connectivity index (χ3n) is 14.7. The summed E-state index contributed by atoms with van der Waals surface area (Å²) in [7, 11) is 1.64.